The first kappa shape index (κ1) is 25.1. The van der Waals surface area contributed by atoms with Crippen LogP contribution in [-0.4, -0.2) is 50.0 Å². The fraction of sp³-hybridized carbons (Fsp3) is 0.533. The van der Waals surface area contributed by atoms with E-state index in [9.17, 15) is 10.2 Å². The number of nitrogens with zero attached hydrogens (tertiary/aromatic N) is 4. The number of aliphatic hydroxyl groups is 2. The van der Waals surface area contributed by atoms with Crippen molar-refractivity contribution in [1.29, 1.82) is 0 Å². The van der Waals surface area contributed by atoms with E-state index in [-0.39, 0.29) is 5.41 Å². The van der Waals surface area contributed by atoms with Gasteiger partial charge in [0.15, 0.2) is 0 Å². The Labute approximate surface area is 215 Å². The summed E-state index contributed by atoms with van der Waals surface area (Å²) in [5.41, 5.74) is 2.17. The Bertz CT molecular complexity index is 1210. The largest absolute Gasteiger partial charge is 0.384 e. The Morgan fingerprint density at radius 2 is 1.75 bits per heavy atom. The smallest absolute Gasteiger partial charge is 0.124 e. The quantitative estimate of drug-likeness (QED) is 0.454. The molecule has 0 amide bonds. The molecular formula is C30H40N4O2. The van der Waals surface area contributed by atoms with E-state index >= 15 is 0 Å². The van der Waals surface area contributed by atoms with Gasteiger partial charge in [0.2, 0.25) is 0 Å². The third kappa shape index (κ3) is 4.51. The molecule has 0 bridgehead atoms. The number of rotatable bonds is 9. The van der Waals surface area contributed by atoms with E-state index < -0.39 is 11.2 Å². The van der Waals surface area contributed by atoms with Crippen LogP contribution in [0.15, 0.2) is 55.0 Å². The summed E-state index contributed by atoms with van der Waals surface area (Å²) in [7, 11) is 2.09. The highest BCUT2D eigenvalue weighted by Gasteiger charge is 2.55. The standard InChI is InChI=1S/C30H40N4O2/c1-21(2)23-6-8-24(9-7-23)30(36,28(3)19-33(5)20-28)25-16-22(17-31-18-25)12-14-29(4,35)27-13-15-34(32-27)26-10-11-26/h6-9,13,15-18,21,26,35-36H,10-12,14,19-20H2,1-5H3. The maximum absolute atomic E-state index is 12.4. The van der Waals surface area contributed by atoms with Crippen molar-refractivity contribution in [1.82, 2.24) is 19.7 Å². The van der Waals surface area contributed by atoms with Gasteiger partial charge in [-0.1, -0.05) is 45.0 Å². The molecular weight excluding hydrogens is 448 g/mol. The van der Waals surface area contributed by atoms with Crippen molar-refractivity contribution < 1.29 is 10.2 Å². The number of aryl methyl sites for hydroxylation is 1. The molecule has 2 unspecified atom stereocenters. The molecule has 1 aliphatic heterocycles. The van der Waals surface area contributed by atoms with Gasteiger partial charge in [0.1, 0.15) is 11.2 Å². The molecule has 2 aromatic heterocycles. The summed E-state index contributed by atoms with van der Waals surface area (Å²) in [5, 5.41) is 28.3. The highest BCUT2D eigenvalue weighted by Crippen LogP contribution is 2.50. The van der Waals surface area contributed by atoms with Gasteiger partial charge in [0.25, 0.3) is 0 Å². The first-order chi connectivity index (χ1) is 17.0. The van der Waals surface area contributed by atoms with Crippen molar-refractivity contribution in [2.45, 2.75) is 76.5 Å². The van der Waals surface area contributed by atoms with Crippen LogP contribution in [0.3, 0.4) is 0 Å². The van der Waals surface area contributed by atoms with Crippen molar-refractivity contribution >= 4 is 0 Å². The topological polar surface area (TPSA) is 74.4 Å². The molecule has 0 spiro atoms. The van der Waals surface area contributed by atoms with Gasteiger partial charge in [-0.15, -0.1) is 0 Å². The molecule has 6 nitrogen and oxygen atoms in total. The maximum atomic E-state index is 12.4. The molecule has 5 rings (SSSR count). The molecule has 2 atom stereocenters. The number of pyridine rings is 1. The molecule has 2 aliphatic rings. The van der Waals surface area contributed by atoms with E-state index in [2.05, 4.69) is 73.1 Å². The minimum absolute atomic E-state index is 0.331. The van der Waals surface area contributed by atoms with Crippen LogP contribution in [0.2, 0.25) is 0 Å². The Balaban J connectivity index is 1.41. The van der Waals surface area contributed by atoms with Crippen molar-refractivity contribution in [2.24, 2.45) is 5.41 Å². The summed E-state index contributed by atoms with van der Waals surface area (Å²) in [6.07, 6.45) is 9.13. The van der Waals surface area contributed by atoms with Crippen molar-refractivity contribution in [2.75, 3.05) is 20.1 Å². The third-order valence-corrected chi connectivity index (χ3v) is 8.30. The first-order valence-electron chi connectivity index (χ1n) is 13.3. The van der Waals surface area contributed by atoms with Crippen LogP contribution in [0.25, 0.3) is 0 Å². The van der Waals surface area contributed by atoms with Gasteiger partial charge >= 0.3 is 0 Å². The van der Waals surface area contributed by atoms with Gasteiger partial charge in [0, 0.05) is 42.7 Å². The second kappa shape index (κ2) is 9.09. The lowest BCUT2D eigenvalue weighted by atomic mass is 9.62. The molecule has 36 heavy (non-hydrogen) atoms. The number of hydrogen-bond donors (Lipinski definition) is 2. The molecule has 1 aromatic carbocycles. The van der Waals surface area contributed by atoms with E-state index in [1.54, 1.807) is 6.20 Å². The zero-order valence-corrected chi connectivity index (χ0v) is 22.3. The molecule has 2 N–H and O–H groups in total. The summed E-state index contributed by atoms with van der Waals surface area (Å²) >= 11 is 0. The minimum atomic E-state index is -1.16. The lowest BCUT2D eigenvalue weighted by Gasteiger charge is -2.56. The van der Waals surface area contributed by atoms with Crippen molar-refractivity contribution in [3.8, 4) is 0 Å². The fourth-order valence-electron chi connectivity index (χ4n) is 5.85. The van der Waals surface area contributed by atoms with Crippen LogP contribution in [0.1, 0.15) is 86.9 Å². The zero-order chi connectivity index (χ0) is 25.7. The average molecular weight is 489 g/mol. The number of likely N-dealkylation sites (tertiary alicyclic amines) is 1. The van der Waals surface area contributed by atoms with Crippen LogP contribution < -0.4 is 0 Å². The molecule has 192 valence electrons. The second-order valence-electron chi connectivity index (χ2n) is 12.0. The van der Waals surface area contributed by atoms with E-state index in [4.69, 9.17) is 0 Å². The Hall–Kier alpha value is -2.54. The fourth-order valence-corrected chi connectivity index (χ4v) is 5.85. The number of hydrogen-bond acceptors (Lipinski definition) is 5. The summed E-state index contributed by atoms with van der Waals surface area (Å²) < 4.78 is 1.98. The number of benzene rings is 1. The van der Waals surface area contributed by atoms with E-state index in [1.807, 2.05) is 30.1 Å². The van der Waals surface area contributed by atoms with Gasteiger partial charge in [-0.25, -0.2) is 0 Å². The molecule has 2 fully saturated rings. The van der Waals surface area contributed by atoms with Crippen molar-refractivity contribution in [3.05, 3.63) is 82.9 Å². The Morgan fingerprint density at radius 3 is 2.36 bits per heavy atom. The summed E-state index contributed by atoms with van der Waals surface area (Å²) in [6, 6.07) is 12.9. The molecule has 1 saturated carbocycles. The van der Waals surface area contributed by atoms with Gasteiger partial charge in [-0.2, -0.15) is 5.10 Å². The summed E-state index contributed by atoms with van der Waals surface area (Å²) in [5.74, 6) is 0.436. The predicted octanol–water partition coefficient (Wildman–Crippen LogP) is 4.76. The molecule has 0 radical (unpaired) electrons. The zero-order valence-electron chi connectivity index (χ0n) is 22.3. The molecule has 3 heterocycles. The third-order valence-electron chi connectivity index (χ3n) is 8.30. The van der Waals surface area contributed by atoms with Crippen LogP contribution in [-0.2, 0) is 17.6 Å². The lowest BCUT2D eigenvalue weighted by Crippen LogP contribution is -2.63. The van der Waals surface area contributed by atoms with Gasteiger partial charge in [-0.3, -0.25) is 9.67 Å². The van der Waals surface area contributed by atoms with Gasteiger partial charge in [-0.05, 0) is 74.4 Å². The van der Waals surface area contributed by atoms with Crippen LogP contribution >= 0.6 is 0 Å². The lowest BCUT2D eigenvalue weighted by molar-refractivity contribution is -0.127. The predicted molar refractivity (Wildman–Crippen MR) is 142 cm³/mol. The molecule has 1 aliphatic carbocycles. The number of aromatic nitrogens is 3. The monoisotopic (exact) mass is 488 g/mol. The SMILES string of the molecule is CC(C)c1ccc(C(O)(c2cncc(CCC(C)(O)c3ccn(C4CC4)n3)c2)C2(C)CN(C)C2)cc1. The summed E-state index contributed by atoms with van der Waals surface area (Å²) in [4.78, 5) is 6.79. The van der Waals surface area contributed by atoms with Crippen LogP contribution in [0.5, 0.6) is 0 Å². The highest BCUT2D eigenvalue weighted by molar-refractivity contribution is 5.42. The highest BCUT2D eigenvalue weighted by atomic mass is 16.3. The minimum Gasteiger partial charge on any atom is -0.384 e. The van der Waals surface area contributed by atoms with E-state index in [0.717, 1.165) is 29.8 Å². The normalized spacial score (nSPS) is 21.1. The Kier molecular flexibility index (Phi) is 6.34. The second-order valence-corrected chi connectivity index (χ2v) is 12.0. The van der Waals surface area contributed by atoms with Gasteiger partial charge in [0.05, 0.1) is 11.7 Å². The van der Waals surface area contributed by atoms with Crippen molar-refractivity contribution in [3.63, 3.8) is 0 Å². The molecule has 6 heteroatoms. The van der Waals surface area contributed by atoms with E-state index in [1.165, 1.54) is 18.4 Å². The van der Waals surface area contributed by atoms with Gasteiger partial charge < -0.3 is 15.1 Å². The average Bonchev–Trinajstić information content (AvgIpc) is 3.57. The summed E-state index contributed by atoms with van der Waals surface area (Å²) in [6.45, 7) is 9.97. The first-order valence-corrected chi connectivity index (χ1v) is 13.3. The Morgan fingerprint density at radius 1 is 1.06 bits per heavy atom. The molecule has 3 aromatic rings. The maximum Gasteiger partial charge on any atom is 0.124 e. The van der Waals surface area contributed by atoms with Crippen LogP contribution in [0, 0.1) is 5.41 Å². The van der Waals surface area contributed by atoms with Crippen LogP contribution in [0.4, 0.5) is 0 Å². The molecule has 1 saturated heterocycles. The van der Waals surface area contributed by atoms with E-state index in [0.29, 0.717) is 30.5 Å².